The highest BCUT2D eigenvalue weighted by molar-refractivity contribution is 9.10. The van der Waals surface area contributed by atoms with Crippen LogP contribution in [-0.4, -0.2) is 18.3 Å². The Morgan fingerprint density at radius 3 is 2.88 bits per heavy atom. The smallest absolute Gasteiger partial charge is 0.146 e. The van der Waals surface area contributed by atoms with E-state index in [2.05, 4.69) is 15.9 Å². The topological polar surface area (TPSA) is 29.5 Å². The van der Waals surface area contributed by atoms with Gasteiger partial charge in [0.2, 0.25) is 0 Å². The fraction of sp³-hybridized carbons (Fsp3) is 0.500. The molecule has 0 spiro atoms. The van der Waals surface area contributed by atoms with Crippen molar-refractivity contribution in [3.8, 4) is 0 Å². The molecule has 5 heteroatoms. The lowest BCUT2D eigenvalue weighted by atomic mass is 9.96. The van der Waals surface area contributed by atoms with E-state index in [0.29, 0.717) is 19.6 Å². The van der Waals surface area contributed by atoms with Crippen molar-refractivity contribution in [2.24, 2.45) is 5.92 Å². The molecule has 0 saturated carbocycles. The summed E-state index contributed by atoms with van der Waals surface area (Å²) >= 11 is 2.98. The minimum Gasteiger partial charge on any atom is -0.388 e. The molecule has 1 aromatic carbocycles. The summed E-state index contributed by atoms with van der Waals surface area (Å²) in [5.41, 5.74) is -0.258. The molecule has 2 rings (SSSR count). The Hall–Kier alpha value is -0.520. The molecule has 2 nitrogen and oxygen atoms in total. The summed E-state index contributed by atoms with van der Waals surface area (Å²) in [6, 6.07) is 2.44. The number of aliphatic hydroxyl groups is 1. The number of rotatable bonds is 3. The maximum atomic E-state index is 13.7. The highest BCUT2D eigenvalue weighted by Gasteiger charge is 2.25. The average Bonchev–Trinajstić information content (AvgIpc) is 2.77. The van der Waals surface area contributed by atoms with Gasteiger partial charge in [-0.2, -0.15) is 0 Å². The molecule has 1 heterocycles. The molecule has 1 saturated heterocycles. The van der Waals surface area contributed by atoms with Gasteiger partial charge in [0.05, 0.1) is 16.1 Å². The van der Waals surface area contributed by atoms with Crippen LogP contribution in [0.3, 0.4) is 0 Å². The van der Waals surface area contributed by atoms with Gasteiger partial charge in [-0.1, -0.05) is 0 Å². The number of aliphatic hydroxyl groups excluding tert-OH is 1. The highest BCUT2D eigenvalue weighted by Crippen LogP contribution is 2.32. The maximum Gasteiger partial charge on any atom is 0.146 e. The maximum absolute atomic E-state index is 13.7. The Kier molecular flexibility index (Phi) is 4.12. The van der Waals surface area contributed by atoms with Crippen LogP contribution in [0.15, 0.2) is 16.6 Å². The van der Waals surface area contributed by atoms with Gasteiger partial charge in [0.25, 0.3) is 0 Å². The van der Waals surface area contributed by atoms with Gasteiger partial charge in [0, 0.05) is 13.2 Å². The summed E-state index contributed by atoms with van der Waals surface area (Å²) in [7, 11) is 0. The predicted octanol–water partition coefficient (Wildman–Crippen LogP) is 3.19. The van der Waals surface area contributed by atoms with Crippen molar-refractivity contribution >= 4 is 15.9 Å². The van der Waals surface area contributed by atoms with Crippen molar-refractivity contribution in [2.45, 2.75) is 18.9 Å². The lowest BCUT2D eigenvalue weighted by Crippen LogP contribution is -2.11. The molecule has 1 aromatic rings. The number of benzene rings is 1. The van der Waals surface area contributed by atoms with E-state index in [1.165, 1.54) is 6.07 Å². The first-order valence-corrected chi connectivity index (χ1v) is 6.28. The first-order chi connectivity index (χ1) is 8.09. The largest absolute Gasteiger partial charge is 0.388 e. The van der Waals surface area contributed by atoms with Crippen molar-refractivity contribution in [1.82, 2.24) is 0 Å². The lowest BCUT2D eigenvalue weighted by Gasteiger charge is -2.16. The van der Waals surface area contributed by atoms with E-state index in [-0.39, 0.29) is 16.0 Å². The number of hydrogen-bond acceptors (Lipinski definition) is 2. The van der Waals surface area contributed by atoms with Crippen LogP contribution < -0.4 is 0 Å². The summed E-state index contributed by atoms with van der Waals surface area (Å²) in [5.74, 6) is -1.27. The Balaban J connectivity index is 2.17. The van der Waals surface area contributed by atoms with E-state index >= 15 is 0 Å². The molecule has 0 radical (unpaired) electrons. The second-order valence-electron chi connectivity index (χ2n) is 4.24. The van der Waals surface area contributed by atoms with Crippen LogP contribution in [0.4, 0.5) is 8.78 Å². The highest BCUT2D eigenvalue weighted by atomic mass is 79.9. The standard InChI is InChI=1S/C12H13BrF2O2/c13-8-1-2-9(14)11(12(8)15)10(16)5-7-3-4-17-6-7/h1-2,7,10,16H,3-6H2. The van der Waals surface area contributed by atoms with Crippen molar-refractivity contribution < 1.29 is 18.6 Å². The Bertz CT molecular complexity index is 406. The van der Waals surface area contributed by atoms with E-state index in [0.717, 1.165) is 12.5 Å². The van der Waals surface area contributed by atoms with Crippen molar-refractivity contribution in [3.05, 3.63) is 33.8 Å². The van der Waals surface area contributed by atoms with Crippen molar-refractivity contribution in [2.75, 3.05) is 13.2 Å². The van der Waals surface area contributed by atoms with Gasteiger partial charge >= 0.3 is 0 Å². The average molecular weight is 307 g/mol. The van der Waals surface area contributed by atoms with E-state index in [9.17, 15) is 13.9 Å². The molecule has 0 aliphatic carbocycles. The Labute approximate surface area is 107 Å². The van der Waals surface area contributed by atoms with Gasteiger partial charge in [-0.05, 0) is 46.8 Å². The van der Waals surface area contributed by atoms with Crippen LogP contribution in [-0.2, 0) is 4.74 Å². The van der Waals surface area contributed by atoms with E-state index in [1.807, 2.05) is 0 Å². The van der Waals surface area contributed by atoms with E-state index < -0.39 is 17.7 Å². The third-order valence-corrected chi connectivity index (χ3v) is 3.61. The molecular weight excluding hydrogens is 294 g/mol. The third kappa shape index (κ3) is 2.84. The van der Waals surface area contributed by atoms with Gasteiger partial charge in [-0.15, -0.1) is 0 Å². The molecule has 2 unspecified atom stereocenters. The number of hydrogen-bond donors (Lipinski definition) is 1. The Morgan fingerprint density at radius 2 is 2.24 bits per heavy atom. The fourth-order valence-electron chi connectivity index (χ4n) is 2.05. The summed E-state index contributed by atoms with van der Waals surface area (Å²) < 4.78 is 32.5. The monoisotopic (exact) mass is 306 g/mol. The molecule has 1 fully saturated rings. The number of ether oxygens (including phenoxy) is 1. The van der Waals surface area contributed by atoms with Crippen LogP contribution in [0.2, 0.25) is 0 Å². The molecule has 2 atom stereocenters. The fourth-order valence-corrected chi connectivity index (χ4v) is 2.40. The minimum atomic E-state index is -1.13. The molecule has 0 aromatic heterocycles. The van der Waals surface area contributed by atoms with Crippen LogP contribution in [0, 0.1) is 17.6 Å². The summed E-state index contributed by atoms with van der Waals surface area (Å²) in [6.07, 6.45) is 0.0256. The van der Waals surface area contributed by atoms with Crippen LogP contribution in [0.25, 0.3) is 0 Å². The SMILES string of the molecule is OC(CC1CCOC1)c1c(F)ccc(Br)c1F. The molecule has 0 amide bonds. The minimum absolute atomic E-state index is 0.163. The normalized spacial score (nSPS) is 21.8. The zero-order valence-electron chi connectivity index (χ0n) is 9.13. The zero-order valence-corrected chi connectivity index (χ0v) is 10.7. The van der Waals surface area contributed by atoms with Gasteiger partial charge in [0.15, 0.2) is 0 Å². The van der Waals surface area contributed by atoms with Gasteiger partial charge < -0.3 is 9.84 Å². The predicted molar refractivity (Wildman–Crippen MR) is 62.6 cm³/mol. The molecule has 94 valence electrons. The third-order valence-electron chi connectivity index (χ3n) is 2.99. The van der Waals surface area contributed by atoms with Crippen LogP contribution >= 0.6 is 15.9 Å². The van der Waals surface area contributed by atoms with E-state index in [4.69, 9.17) is 4.74 Å². The van der Waals surface area contributed by atoms with Crippen LogP contribution in [0.5, 0.6) is 0 Å². The summed E-state index contributed by atoms with van der Waals surface area (Å²) in [5, 5.41) is 9.91. The molecule has 1 N–H and O–H groups in total. The van der Waals surface area contributed by atoms with Crippen molar-refractivity contribution in [1.29, 1.82) is 0 Å². The van der Waals surface area contributed by atoms with Gasteiger partial charge in [-0.3, -0.25) is 0 Å². The van der Waals surface area contributed by atoms with E-state index in [1.54, 1.807) is 0 Å². The molecule has 17 heavy (non-hydrogen) atoms. The second kappa shape index (κ2) is 5.42. The Morgan fingerprint density at radius 1 is 1.47 bits per heavy atom. The van der Waals surface area contributed by atoms with Gasteiger partial charge in [0.1, 0.15) is 11.6 Å². The second-order valence-corrected chi connectivity index (χ2v) is 5.09. The first kappa shape index (κ1) is 12.9. The van der Waals surface area contributed by atoms with Crippen LogP contribution in [0.1, 0.15) is 24.5 Å². The zero-order chi connectivity index (χ0) is 12.4. The molecule has 0 bridgehead atoms. The molecule has 1 aliphatic rings. The molecular formula is C12H13BrF2O2. The summed E-state index contributed by atoms with van der Waals surface area (Å²) in [6.45, 7) is 1.20. The first-order valence-electron chi connectivity index (χ1n) is 5.48. The summed E-state index contributed by atoms with van der Waals surface area (Å²) in [4.78, 5) is 0. The van der Waals surface area contributed by atoms with Crippen molar-refractivity contribution in [3.63, 3.8) is 0 Å². The van der Waals surface area contributed by atoms with Gasteiger partial charge in [-0.25, -0.2) is 8.78 Å². The molecule has 1 aliphatic heterocycles. The number of halogens is 3. The lowest BCUT2D eigenvalue weighted by molar-refractivity contribution is 0.123. The quantitative estimate of drug-likeness (QED) is 0.869.